The third kappa shape index (κ3) is 1.99. The standard InChI is InChI=1S/C15H18O/c1-3-4-5-9-15(16)10-8-13-7-6-12(2)11-14(13)15/h6-7,11,16H,5,8-10H2,1-2H3. The van der Waals surface area contributed by atoms with Crippen LogP contribution in [0, 0.1) is 18.8 Å². The molecule has 0 spiro atoms. The van der Waals surface area contributed by atoms with E-state index in [-0.39, 0.29) is 0 Å². The van der Waals surface area contributed by atoms with Crippen LogP contribution in [0.2, 0.25) is 0 Å². The largest absolute Gasteiger partial charge is 0.385 e. The summed E-state index contributed by atoms with van der Waals surface area (Å²) in [6.45, 7) is 3.92. The third-order valence-corrected chi connectivity index (χ3v) is 3.41. The lowest BCUT2D eigenvalue weighted by Crippen LogP contribution is -2.21. The van der Waals surface area contributed by atoms with Crippen LogP contribution in [-0.2, 0) is 12.0 Å². The molecule has 0 bridgehead atoms. The van der Waals surface area contributed by atoms with E-state index in [0.29, 0.717) is 0 Å². The quantitative estimate of drug-likeness (QED) is 0.750. The summed E-state index contributed by atoms with van der Waals surface area (Å²) in [5, 5.41) is 10.6. The second-order valence-electron chi connectivity index (χ2n) is 4.62. The maximum Gasteiger partial charge on any atom is 0.0911 e. The van der Waals surface area contributed by atoms with E-state index in [1.165, 1.54) is 11.1 Å². The van der Waals surface area contributed by atoms with Gasteiger partial charge in [0, 0.05) is 6.42 Å². The Morgan fingerprint density at radius 3 is 3.00 bits per heavy atom. The minimum Gasteiger partial charge on any atom is -0.385 e. The van der Waals surface area contributed by atoms with E-state index in [9.17, 15) is 5.11 Å². The molecule has 16 heavy (non-hydrogen) atoms. The summed E-state index contributed by atoms with van der Waals surface area (Å²) in [6, 6.07) is 6.40. The molecule has 1 nitrogen and oxygen atoms in total. The Hall–Kier alpha value is -1.26. The van der Waals surface area contributed by atoms with Gasteiger partial charge in [-0.25, -0.2) is 0 Å². The summed E-state index contributed by atoms with van der Waals surface area (Å²) in [5.41, 5.74) is 3.02. The monoisotopic (exact) mass is 214 g/mol. The van der Waals surface area contributed by atoms with Gasteiger partial charge in [-0.05, 0) is 44.2 Å². The van der Waals surface area contributed by atoms with Crippen molar-refractivity contribution in [3.63, 3.8) is 0 Å². The summed E-state index contributed by atoms with van der Waals surface area (Å²) < 4.78 is 0. The molecule has 1 aromatic carbocycles. The Labute approximate surface area is 97.5 Å². The van der Waals surface area contributed by atoms with Crippen molar-refractivity contribution in [2.75, 3.05) is 0 Å². The van der Waals surface area contributed by atoms with E-state index in [1.54, 1.807) is 0 Å². The van der Waals surface area contributed by atoms with Gasteiger partial charge in [-0.3, -0.25) is 0 Å². The molecule has 0 heterocycles. The Kier molecular flexibility index (Phi) is 3.03. The molecule has 1 aliphatic carbocycles. The molecule has 2 rings (SSSR count). The number of hydrogen-bond donors (Lipinski definition) is 1. The molecule has 1 N–H and O–H groups in total. The minimum absolute atomic E-state index is 0.634. The number of aryl methyl sites for hydroxylation is 2. The van der Waals surface area contributed by atoms with Gasteiger partial charge in [0.05, 0.1) is 5.60 Å². The number of rotatable bonds is 2. The minimum atomic E-state index is -0.634. The first kappa shape index (κ1) is 11.2. The molecule has 1 atom stereocenters. The normalized spacial score (nSPS) is 22.4. The molecule has 0 saturated heterocycles. The third-order valence-electron chi connectivity index (χ3n) is 3.41. The first-order valence-electron chi connectivity index (χ1n) is 5.88. The number of hydrogen-bond acceptors (Lipinski definition) is 1. The van der Waals surface area contributed by atoms with Crippen LogP contribution in [0.4, 0.5) is 0 Å². The van der Waals surface area contributed by atoms with E-state index in [2.05, 4.69) is 37.0 Å². The molecule has 1 aromatic rings. The lowest BCUT2D eigenvalue weighted by molar-refractivity contribution is 0.0309. The molecule has 1 aliphatic rings. The van der Waals surface area contributed by atoms with Gasteiger partial charge in [-0.15, -0.1) is 11.8 Å². The molecule has 0 radical (unpaired) electrons. The van der Waals surface area contributed by atoms with Crippen LogP contribution < -0.4 is 0 Å². The fraction of sp³-hybridized carbons (Fsp3) is 0.467. The van der Waals surface area contributed by atoms with Crippen molar-refractivity contribution in [1.29, 1.82) is 0 Å². The summed E-state index contributed by atoms with van der Waals surface area (Å²) in [4.78, 5) is 0. The predicted octanol–water partition coefficient (Wildman–Crippen LogP) is 2.93. The lowest BCUT2D eigenvalue weighted by atomic mass is 9.90. The van der Waals surface area contributed by atoms with Gasteiger partial charge in [-0.2, -0.15) is 0 Å². The van der Waals surface area contributed by atoms with E-state index in [0.717, 1.165) is 31.2 Å². The number of benzene rings is 1. The van der Waals surface area contributed by atoms with Crippen LogP contribution in [0.1, 0.15) is 42.9 Å². The molecule has 0 amide bonds. The Morgan fingerprint density at radius 2 is 2.25 bits per heavy atom. The molecule has 1 unspecified atom stereocenters. The zero-order valence-corrected chi connectivity index (χ0v) is 10.0. The van der Waals surface area contributed by atoms with Gasteiger partial charge >= 0.3 is 0 Å². The highest BCUT2D eigenvalue weighted by Gasteiger charge is 2.35. The van der Waals surface area contributed by atoms with E-state index < -0.39 is 5.60 Å². The molecule has 1 heteroatoms. The highest BCUT2D eigenvalue weighted by atomic mass is 16.3. The Balaban J connectivity index is 2.25. The summed E-state index contributed by atoms with van der Waals surface area (Å²) >= 11 is 0. The van der Waals surface area contributed by atoms with Crippen LogP contribution >= 0.6 is 0 Å². The van der Waals surface area contributed by atoms with Gasteiger partial charge < -0.3 is 5.11 Å². The number of fused-ring (bicyclic) bond motifs is 1. The van der Waals surface area contributed by atoms with Gasteiger partial charge in [-0.1, -0.05) is 23.8 Å². The molecule has 0 fully saturated rings. The average Bonchev–Trinajstić information content (AvgIpc) is 2.58. The maximum atomic E-state index is 10.6. The summed E-state index contributed by atoms with van der Waals surface area (Å²) in [7, 11) is 0. The smallest absolute Gasteiger partial charge is 0.0911 e. The van der Waals surface area contributed by atoms with Crippen molar-refractivity contribution in [1.82, 2.24) is 0 Å². The summed E-state index contributed by atoms with van der Waals surface area (Å²) in [5.74, 6) is 5.92. The van der Waals surface area contributed by atoms with Crippen molar-refractivity contribution >= 4 is 0 Å². The molecule has 84 valence electrons. The zero-order valence-electron chi connectivity index (χ0n) is 10.0. The molecule has 0 aliphatic heterocycles. The van der Waals surface area contributed by atoms with Crippen molar-refractivity contribution < 1.29 is 5.11 Å². The van der Waals surface area contributed by atoms with Gasteiger partial charge in [0.1, 0.15) is 0 Å². The van der Waals surface area contributed by atoms with Crippen molar-refractivity contribution in [2.45, 2.75) is 45.1 Å². The second-order valence-corrected chi connectivity index (χ2v) is 4.62. The van der Waals surface area contributed by atoms with E-state index in [1.807, 2.05) is 6.92 Å². The molecular weight excluding hydrogens is 196 g/mol. The fourth-order valence-electron chi connectivity index (χ4n) is 2.47. The van der Waals surface area contributed by atoms with Gasteiger partial charge in [0.25, 0.3) is 0 Å². The van der Waals surface area contributed by atoms with Crippen LogP contribution in [0.15, 0.2) is 18.2 Å². The molecule has 0 saturated carbocycles. The summed E-state index contributed by atoms with van der Waals surface area (Å²) in [6.07, 6.45) is 3.37. The van der Waals surface area contributed by atoms with Crippen molar-refractivity contribution in [2.24, 2.45) is 0 Å². The predicted molar refractivity (Wildman–Crippen MR) is 66.1 cm³/mol. The zero-order chi connectivity index (χ0) is 11.6. The first-order valence-corrected chi connectivity index (χ1v) is 5.88. The molecule has 0 aromatic heterocycles. The first-order chi connectivity index (χ1) is 7.65. The van der Waals surface area contributed by atoms with Gasteiger partial charge in [0.15, 0.2) is 0 Å². The van der Waals surface area contributed by atoms with Crippen LogP contribution in [0.25, 0.3) is 0 Å². The number of aliphatic hydroxyl groups is 1. The second kappa shape index (κ2) is 4.31. The van der Waals surface area contributed by atoms with Gasteiger partial charge in [0.2, 0.25) is 0 Å². The van der Waals surface area contributed by atoms with Crippen LogP contribution in [-0.4, -0.2) is 5.11 Å². The SMILES string of the molecule is CC#CCCC1(O)CCc2ccc(C)cc21. The Bertz CT molecular complexity index is 450. The fourth-order valence-corrected chi connectivity index (χ4v) is 2.47. The highest BCUT2D eigenvalue weighted by Crippen LogP contribution is 2.40. The highest BCUT2D eigenvalue weighted by molar-refractivity contribution is 5.40. The topological polar surface area (TPSA) is 20.2 Å². The maximum absolute atomic E-state index is 10.6. The van der Waals surface area contributed by atoms with Crippen molar-refractivity contribution in [3.05, 3.63) is 34.9 Å². The van der Waals surface area contributed by atoms with E-state index in [4.69, 9.17) is 0 Å². The lowest BCUT2D eigenvalue weighted by Gasteiger charge is -2.23. The van der Waals surface area contributed by atoms with Crippen LogP contribution in [0.3, 0.4) is 0 Å². The van der Waals surface area contributed by atoms with E-state index >= 15 is 0 Å². The van der Waals surface area contributed by atoms with Crippen molar-refractivity contribution in [3.8, 4) is 11.8 Å². The average molecular weight is 214 g/mol. The molecular formula is C15H18O. The Morgan fingerprint density at radius 1 is 1.44 bits per heavy atom. The van der Waals surface area contributed by atoms with Crippen LogP contribution in [0.5, 0.6) is 0 Å².